The lowest BCUT2D eigenvalue weighted by Gasteiger charge is -2.14. The predicted molar refractivity (Wildman–Crippen MR) is 58.5 cm³/mol. The summed E-state index contributed by atoms with van der Waals surface area (Å²) in [5.74, 6) is 0.495. The van der Waals surface area contributed by atoms with Crippen molar-refractivity contribution in [2.75, 3.05) is 30.8 Å². The number of carbonyl (C=O) groups is 1. The Morgan fingerprint density at radius 1 is 1.79 bits per heavy atom. The van der Waals surface area contributed by atoms with E-state index >= 15 is 0 Å². The summed E-state index contributed by atoms with van der Waals surface area (Å²) in [6, 6.07) is 1.75. The van der Waals surface area contributed by atoms with Crippen LogP contribution >= 0.6 is 11.5 Å². The van der Waals surface area contributed by atoms with Gasteiger partial charge in [0.1, 0.15) is 10.8 Å². The number of aromatic nitrogens is 1. The summed E-state index contributed by atoms with van der Waals surface area (Å²) in [4.78, 5) is 13.1. The van der Waals surface area contributed by atoms with Crippen molar-refractivity contribution in [2.45, 2.75) is 6.92 Å². The summed E-state index contributed by atoms with van der Waals surface area (Å²) < 4.78 is 3.94. The lowest BCUT2D eigenvalue weighted by atomic mass is 10.5. The molecule has 0 bridgehead atoms. The second kappa shape index (κ2) is 4.80. The third kappa shape index (κ3) is 2.88. The van der Waals surface area contributed by atoms with Gasteiger partial charge in [-0.15, -0.1) is 0 Å². The molecule has 0 aliphatic rings. The molecule has 0 saturated heterocycles. The highest BCUT2D eigenvalue weighted by molar-refractivity contribution is 7.10. The largest absolute Gasteiger partial charge is 0.383 e. The van der Waals surface area contributed by atoms with Crippen molar-refractivity contribution in [3.8, 4) is 0 Å². The fourth-order valence-electron chi connectivity index (χ4n) is 1.00. The van der Waals surface area contributed by atoms with E-state index in [9.17, 15) is 4.79 Å². The number of likely N-dealkylation sites (N-methyl/N-ethyl adjacent to an activating group) is 2. The molecule has 1 aromatic heterocycles. The van der Waals surface area contributed by atoms with Crippen LogP contribution in [0.15, 0.2) is 6.07 Å². The predicted octanol–water partition coefficient (Wildman–Crippen LogP) is 0.298. The van der Waals surface area contributed by atoms with E-state index in [4.69, 9.17) is 5.73 Å². The molecule has 0 radical (unpaired) electrons. The quantitative estimate of drug-likeness (QED) is 0.756. The van der Waals surface area contributed by atoms with Crippen LogP contribution in [0.25, 0.3) is 0 Å². The number of nitrogens with one attached hydrogen (secondary N) is 1. The Kier molecular flexibility index (Phi) is 3.70. The average molecular weight is 214 g/mol. The molecule has 0 aliphatic carbocycles. The zero-order chi connectivity index (χ0) is 10.6. The van der Waals surface area contributed by atoms with Crippen LogP contribution in [0.1, 0.15) is 6.92 Å². The molecule has 1 aromatic rings. The number of amides is 1. The van der Waals surface area contributed by atoms with Crippen molar-refractivity contribution < 1.29 is 4.79 Å². The van der Waals surface area contributed by atoms with Gasteiger partial charge in [-0.25, -0.2) is 0 Å². The van der Waals surface area contributed by atoms with E-state index in [0.717, 1.165) is 5.00 Å². The number of nitrogens with zero attached hydrogens (tertiary/aromatic N) is 2. The van der Waals surface area contributed by atoms with Gasteiger partial charge >= 0.3 is 0 Å². The Labute approximate surface area is 87.1 Å². The average Bonchev–Trinajstić information content (AvgIpc) is 2.52. The van der Waals surface area contributed by atoms with Gasteiger partial charge in [-0.3, -0.25) is 4.79 Å². The lowest BCUT2D eigenvalue weighted by molar-refractivity contribution is -0.119. The molecule has 0 aromatic carbocycles. The first-order valence-electron chi connectivity index (χ1n) is 4.33. The number of nitrogens with two attached hydrogens (primary N) is 1. The van der Waals surface area contributed by atoms with E-state index in [1.807, 2.05) is 18.9 Å². The van der Waals surface area contributed by atoms with Gasteiger partial charge in [-0.2, -0.15) is 4.37 Å². The summed E-state index contributed by atoms with van der Waals surface area (Å²) in [5, 5.41) is 3.62. The number of hydrogen-bond donors (Lipinski definition) is 2. The number of anilines is 2. The molecule has 0 aliphatic heterocycles. The van der Waals surface area contributed by atoms with E-state index in [2.05, 4.69) is 9.69 Å². The third-order valence-electron chi connectivity index (χ3n) is 1.65. The zero-order valence-electron chi connectivity index (χ0n) is 8.28. The van der Waals surface area contributed by atoms with Crippen LogP contribution in [0, 0.1) is 0 Å². The fraction of sp³-hybridized carbons (Fsp3) is 0.500. The molecule has 78 valence electrons. The Balaban J connectivity index is 2.50. The first-order valence-corrected chi connectivity index (χ1v) is 5.11. The third-order valence-corrected chi connectivity index (χ3v) is 2.57. The molecule has 0 fully saturated rings. The minimum absolute atomic E-state index is 0.00183. The van der Waals surface area contributed by atoms with E-state index in [0.29, 0.717) is 18.9 Å². The van der Waals surface area contributed by atoms with Gasteiger partial charge in [-0.1, -0.05) is 0 Å². The van der Waals surface area contributed by atoms with Gasteiger partial charge in [0, 0.05) is 19.7 Å². The van der Waals surface area contributed by atoms with Gasteiger partial charge in [0.15, 0.2) is 0 Å². The molecule has 5 nitrogen and oxygen atoms in total. The summed E-state index contributed by atoms with van der Waals surface area (Å²) in [5.41, 5.74) is 5.48. The number of rotatable bonds is 4. The number of carbonyl (C=O) groups excluding carboxylic acids is 1. The van der Waals surface area contributed by atoms with Crippen LogP contribution in [-0.2, 0) is 4.79 Å². The Hall–Kier alpha value is -1.30. The van der Waals surface area contributed by atoms with Crippen LogP contribution in [0.2, 0.25) is 0 Å². The molecule has 0 saturated carbocycles. The van der Waals surface area contributed by atoms with Crippen LogP contribution in [0.5, 0.6) is 0 Å². The summed E-state index contributed by atoms with van der Waals surface area (Å²) >= 11 is 1.29. The van der Waals surface area contributed by atoms with Gasteiger partial charge < -0.3 is 16.0 Å². The maximum atomic E-state index is 11.2. The second-order valence-electron chi connectivity index (χ2n) is 2.90. The SMILES string of the molecule is CCNC(=O)CN(C)c1cc(N)ns1. The first-order chi connectivity index (χ1) is 6.63. The maximum Gasteiger partial charge on any atom is 0.239 e. The van der Waals surface area contributed by atoms with Gasteiger partial charge in [0.25, 0.3) is 0 Å². The topological polar surface area (TPSA) is 71.2 Å². The molecular weight excluding hydrogens is 200 g/mol. The first kappa shape index (κ1) is 10.8. The van der Waals surface area contributed by atoms with Crippen LogP contribution in [0.4, 0.5) is 10.8 Å². The summed E-state index contributed by atoms with van der Waals surface area (Å²) in [7, 11) is 1.84. The van der Waals surface area contributed by atoms with Gasteiger partial charge in [0.05, 0.1) is 6.54 Å². The maximum absolute atomic E-state index is 11.2. The molecule has 0 unspecified atom stereocenters. The van der Waals surface area contributed by atoms with Crippen molar-refractivity contribution in [2.24, 2.45) is 0 Å². The van der Waals surface area contributed by atoms with Crippen molar-refractivity contribution in [1.29, 1.82) is 0 Å². The van der Waals surface area contributed by atoms with Crippen molar-refractivity contribution in [3.63, 3.8) is 0 Å². The molecular formula is C8H14N4OS. The van der Waals surface area contributed by atoms with Crippen molar-refractivity contribution in [3.05, 3.63) is 6.07 Å². The highest BCUT2D eigenvalue weighted by Crippen LogP contribution is 2.20. The molecule has 6 heteroatoms. The van der Waals surface area contributed by atoms with Crippen molar-refractivity contribution in [1.82, 2.24) is 9.69 Å². The van der Waals surface area contributed by atoms with Crippen LogP contribution < -0.4 is 16.0 Å². The second-order valence-corrected chi connectivity index (χ2v) is 3.68. The molecule has 0 atom stereocenters. The number of hydrogen-bond acceptors (Lipinski definition) is 5. The van der Waals surface area contributed by atoms with E-state index in [1.54, 1.807) is 6.07 Å². The Bertz CT molecular complexity index is 312. The Morgan fingerprint density at radius 3 is 3.00 bits per heavy atom. The van der Waals surface area contributed by atoms with Crippen LogP contribution in [-0.4, -0.2) is 30.4 Å². The van der Waals surface area contributed by atoms with E-state index in [-0.39, 0.29) is 5.91 Å². The van der Waals surface area contributed by atoms with E-state index < -0.39 is 0 Å². The number of nitrogen functional groups attached to an aromatic ring is 1. The lowest BCUT2D eigenvalue weighted by Crippen LogP contribution is -2.34. The highest BCUT2D eigenvalue weighted by atomic mass is 32.1. The highest BCUT2D eigenvalue weighted by Gasteiger charge is 2.08. The Morgan fingerprint density at radius 2 is 2.50 bits per heavy atom. The fourth-order valence-corrected chi connectivity index (χ4v) is 1.63. The van der Waals surface area contributed by atoms with Crippen LogP contribution in [0.3, 0.4) is 0 Å². The zero-order valence-corrected chi connectivity index (χ0v) is 9.10. The summed E-state index contributed by atoms with van der Waals surface area (Å²) in [6.07, 6.45) is 0. The monoisotopic (exact) mass is 214 g/mol. The van der Waals surface area contributed by atoms with Gasteiger partial charge in [-0.05, 0) is 18.5 Å². The molecule has 14 heavy (non-hydrogen) atoms. The van der Waals surface area contributed by atoms with Crippen molar-refractivity contribution >= 4 is 28.3 Å². The molecule has 3 N–H and O–H groups in total. The molecule has 1 amide bonds. The smallest absolute Gasteiger partial charge is 0.239 e. The van der Waals surface area contributed by atoms with Gasteiger partial charge in [0.2, 0.25) is 5.91 Å². The molecule has 1 rings (SSSR count). The molecule has 0 spiro atoms. The minimum atomic E-state index is 0.00183. The standard InChI is InChI=1S/C8H14N4OS/c1-3-10-7(13)5-12(2)8-4-6(9)11-14-8/h4H,3,5H2,1-2H3,(H2,9,11)(H,10,13). The normalized spacial score (nSPS) is 9.86. The summed E-state index contributed by atoms with van der Waals surface area (Å²) in [6.45, 7) is 2.87. The van der Waals surface area contributed by atoms with E-state index in [1.165, 1.54) is 11.5 Å². The molecule has 1 heterocycles. The minimum Gasteiger partial charge on any atom is -0.383 e.